The summed E-state index contributed by atoms with van der Waals surface area (Å²) in [6.45, 7) is 5.02. The first-order valence-corrected chi connectivity index (χ1v) is 6.93. The van der Waals surface area contributed by atoms with Gasteiger partial charge in [-0.1, -0.05) is 12.1 Å². The summed E-state index contributed by atoms with van der Waals surface area (Å²) in [7, 11) is 0. The molecular formula is C15H21N3O5. The number of nitrogens with one attached hydrogen (secondary N) is 2. The number of carbonyl (C=O) groups is 3. The van der Waals surface area contributed by atoms with E-state index in [4.69, 9.17) is 10.5 Å². The van der Waals surface area contributed by atoms with Crippen molar-refractivity contribution in [3.8, 4) is 0 Å². The lowest BCUT2D eigenvalue weighted by molar-refractivity contribution is -0.139. The van der Waals surface area contributed by atoms with Gasteiger partial charge in [0.15, 0.2) is 6.04 Å². The Morgan fingerprint density at radius 3 is 2.22 bits per heavy atom. The SMILES string of the molecule is CC(C)(C)OC(=O)NC(C(=O)O)c1ccc(NCC(N)=O)cc1. The number of carbonyl (C=O) groups excluding carboxylic acids is 2. The summed E-state index contributed by atoms with van der Waals surface area (Å²) in [4.78, 5) is 33.8. The molecule has 0 aromatic heterocycles. The maximum Gasteiger partial charge on any atom is 0.408 e. The number of primary amides is 1. The zero-order valence-corrected chi connectivity index (χ0v) is 13.3. The average Bonchev–Trinajstić information content (AvgIpc) is 2.41. The Bertz CT molecular complexity index is 578. The predicted octanol–water partition coefficient (Wildman–Crippen LogP) is 1.23. The Kier molecular flexibility index (Phi) is 5.94. The smallest absolute Gasteiger partial charge is 0.408 e. The second-order valence-corrected chi connectivity index (χ2v) is 5.86. The second-order valence-electron chi connectivity index (χ2n) is 5.86. The fourth-order valence-electron chi connectivity index (χ4n) is 1.70. The molecule has 1 atom stereocenters. The third-order valence-corrected chi connectivity index (χ3v) is 2.62. The summed E-state index contributed by atoms with van der Waals surface area (Å²) < 4.78 is 5.05. The van der Waals surface area contributed by atoms with Gasteiger partial charge in [-0.15, -0.1) is 0 Å². The normalized spacial score (nSPS) is 12.1. The van der Waals surface area contributed by atoms with Crippen LogP contribution in [0, 0.1) is 0 Å². The lowest BCUT2D eigenvalue weighted by atomic mass is 10.1. The van der Waals surface area contributed by atoms with Gasteiger partial charge in [-0.05, 0) is 38.5 Å². The molecule has 0 saturated carbocycles. The summed E-state index contributed by atoms with van der Waals surface area (Å²) in [6.07, 6.45) is -0.819. The van der Waals surface area contributed by atoms with Gasteiger partial charge >= 0.3 is 12.1 Å². The molecule has 0 bridgehead atoms. The molecule has 8 heteroatoms. The van der Waals surface area contributed by atoms with Crippen molar-refractivity contribution in [2.45, 2.75) is 32.4 Å². The largest absolute Gasteiger partial charge is 0.479 e. The molecule has 23 heavy (non-hydrogen) atoms. The second kappa shape index (κ2) is 7.48. The summed E-state index contributed by atoms with van der Waals surface area (Å²) >= 11 is 0. The van der Waals surface area contributed by atoms with Crippen LogP contribution in [-0.4, -0.2) is 35.2 Å². The maximum atomic E-state index is 11.7. The molecule has 5 N–H and O–H groups in total. The van der Waals surface area contributed by atoms with Crippen LogP contribution < -0.4 is 16.4 Å². The molecule has 1 rings (SSSR count). The highest BCUT2D eigenvalue weighted by molar-refractivity contribution is 5.82. The molecule has 0 fully saturated rings. The number of aliphatic carboxylic acids is 1. The first-order chi connectivity index (χ1) is 10.6. The molecule has 8 nitrogen and oxygen atoms in total. The van der Waals surface area contributed by atoms with Gasteiger partial charge in [0.1, 0.15) is 5.60 Å². The van der Waals surface area contributed by atoms with Crippen molar-refractivity contribution in [3.63, 3.8) is 0 Å². The van der Waals surface area contributed by atoms with E-state index < -0.39 is 29.6 Å². The zero-order valence-electron chi connectivity index (χ0n) is 13.3. The van der Waals surface area contributed by atoms with E-state index in [1.54, 1.807) is 32.9 Å². The Balaban J connectivity index is 2.79. The Hall–Kier alpha value is -2.77. The molecule has 0 saturated heterocycles. The number of nitrogens with two attached hydrogens (primary N) is 1. The van der Waals surface area contributed by atoms with E-state index in [-0.39, 0.29) is 6.54 Å². The van der Waals surface area contributed by atoms with Crippen LogP contribution in [0.1, 0.15) is 32.4 Å². The van der Waals surface area contributed by atoms with Gasteiger partial charge in [0, 0.05) is 5.69 Å². The van der Waals surface area contributed by atoms with Crippen LogP contribution in [0.4, 0.5) is 10.5 Å². The Morgan fingerprint density at radius 1 is 1.22 bits per heavy atom. The van der Waals surface area contributed by atoms with Crippen LogP contribution in [0.5, 0.6) is 0 Å². The van der Waals surface area contributed by atoms with E-state index >= 15 is 0 Å². The minimum Gasteiger partial charge on any atom is -0.479 e. The number of rotatable bonds is 6. The van der Waals surface area contributed by atoms with Crippen LogP contribution in [-0.2, 0) is 14.3 Å². The molecule has 0 aliphatic carbocycles. The lowest BCUT2D eigenvalue weighted by Crippen LogP contribution is -2.38. The van der Waals surface area contributed by atoms with E-state index in [2.05, 4.69) is 10.6 Å². The molecule has 0 aliphatic heterocycles. The van der Waals surface area contributed by atoms with Gasteiger partial charge in [-0.2, -0.15) is 0 Å². The minimum absolute atomic E-state index is 0.0299. The number of amides is 2. The van der Waals surface area contributed by atoms with Gasteiger partial charge in [0.05, 0.1) is 6.54 Å². The topological polar surface area (TPSA) is 131 Å². The highest BCUT2D eigenvalue weighted by atomic mass is 16.6. The molecular weight excluding hydrogens is 302 g/mol. The molecule has 2 amide bonds. The van der Waals surface area contributed by atoms with Crippen LogP contribution in [0.2, 0.25) is 0 Å². The van der Waals surface area contributed by atoms with Crippen LogP contribution >= 0.6 is 0 Å². The number of carboxylic acids is 1. The van der Waals surface area contributed by atoms with Gasteiger partial charge in [0.2, 0.25) is 5.91 Å². The highest BCUT2D eigenvalue weighted by Gasteiger charge is 2.25. The zero-order chi connectivity index (χ0) is 17.6. The first-order valence-electron chi connectivity index (χ1n) is 6.93. The number of carboxylic acid groups (broad SMARTS) is 1. The third kappa shape index (κ3) is 6.68. The fraction of sp³-hybridized carbons (Fsp3) is 0.400. The summed E-state index contributed by atoms with van der Waals surface area (Å²) in [5, 5.41) is 14.4. The van der Waals surface area contributed by atoms with E-state index in [9.17, 15) is 19.5 Å². The van der Waals surface area contributed by atoms with Crippen molar-refractivity contribution in [1.82, 2.24) is 5.32 Å². The maximum absolute atomic E-state index is 11.7. The van der Waals surface area contributed by atoms with Crippen LogP contribution in [0.25, 0.3) is 0 Å². The van der Waals surface area contributed by atoms with Gasteiger partial charge < -0.3 is 26.2 Å². The summed E-state index contributed by atoms with van der Waals surface area (Å²) in [6, 6.07) is 4.99. The molecule has 1 aromatic rings. The molecule has 0 aliphatic rings. The van der Waals surface area contributed by atoms with Crippen molar-refractivity contribution in [2.75, 3.05) is 11.9 Å². The average molecular weight is 323 g/mol. The van der Waals surface area contributed by atoms with E-state index in [1.807, 2.05) is 0 Å². The van der Waals surface area contributed by atoms with Crippen molar-refractivity contribution >= 4 is 23.7 Å². The number of hydrogen-bond donors (Lipinski definition) is 4. The van der Waals surface area contributed by atoms with Crippen LogP contribution in [0.3, 0.4) is 0 Å². The van der Waals surface area contributed by atoms with Crippen molar-refractivity contribution in [3.05, 3.63) is 29.8 Å². The predicted molar refractivity (Wildman–Crippen MR) is 83.9 cm³/mol. The van der Waals surface area contributed by atoms with E-state index in [0.29, 0.717) is 11.3 Å². The monoisotopic (exact) mass is 323 g/mol. The first kappa shape index (κ1) is 18.3. The van der Waals surface area contributed by atoms with Crippen molar-refractivity contribution in [1.29, 1.82) is 0 Å². The summed E-state index contributed by atoms with van der Waals surface area (Å²) in [5.41, 5.74) is 5.27. The molecule has 1 unspecified atom stereocenters. The molecule has 0 spiro atoms. The number of ether oxygens (including phenoxy) is 1. The van der Waals surface area contributed by atoms with Gasteiger partial charge in [0.25, 0.3) is 0 Å². The third-order valence-electron chi connectivity index (χ3n) is 2.62. The fourth-order valence-corrected chi connectivity index (χ4v) is 1.70. The molecule has 1 aromatic carbocycles. The minimum atomic E-state index is -1.24. The molecule has 0 heterocycles. The summed E-state index contributed by atoms with van der Waals surface area (Å²) in [5.74, 6) is -1.72. The van der Waals surface area contributed by atoms with Gasteiger partial charge in [-0.3, -0.25) is 4.79 Å². The van der Waals surface area contributed by atoms with Crippen molar-refractivity contribution < 1.29 is 24.2 Å². The van der Waals surface area contributed by atoms with Crippen LogP contribution in [0.15, 0.2) is 24.3 Å². The molecule has 126 valence electrons. The lowest BCUT2D eigenvalue weighted by Gasteiger charge is -2.22. The number of alkyl carbamates (subject to hydrolysis) is 1. The Morgan fingerprint density at radius 2 is 1.78 bits per heavy atom. The Labute approximate surface area is 134 Å². The number of hydrogen-bond acceptors (Lipinski definition) is 5. The van der Waals surface area contributed by atoms with E-state index in [0.717, 1.165) is 0 Å². The highest BCUT2D eigenvalue weighted by Crippen LogP contribution is 2.18. The number of benzene rings is 1. The van der Waals surface area contributed by atoms with E-state index in [1.165, 1.54) is 12.1 Å². The quantitative estimate of drug-likeness (QED) is 0.623. The standard InChI is InChI=1S/C15H21N3O5/c1-15(2,3)23-14(22)18-12(13(20)21)9-4-6-10(7-5-9)17-8-11(16)19/h4-7,12,17H,8H2,1-3H3,(H2,16,19)(H,18,22)(H,20,21). The molecule has 0 radical (unpaired) electrons. The van der Waals surface area contributed by atoms with Crippen molar-refractivity contribution in [2.24, 2.45) is 5.73 Å². The number of anilines is 1. The van der Waals surface area contributed by atoms with Gasteiger partial charge in [-0.25, -0.2) is 9.59 Å².